The van der Waals surface area contributed by atoms with E-state index in [1.807, 2.05) is 12.1 Å². The Morgan fingerprint density at radius 1 is 1.33 bits per heavy atom. The first-order valence-corrected chi connectivity index (χ1v) is 8.03. The zero-order valence-electron chi connectivity index (χ0n) is 12.2. The van der Waals surface area contributed by atoms with Crippen LogP contribution >= 0.6 is 11.3 Å². The van der Waals surface area contributed by atoms with Gasteiger partial charge in [-0.3, -0.25) is 4.79 Å². The lowest BCUT2D eigenvalue weighted by Crippen LogP contribution is -2.12. The first-order valence-electron chi connectivity index (χ1n) is 7.22. The summed E-state index contributed by atoms with van der Waals surface area (Å²) < 4.78 is 0. The minimum Gasteiger partial charge on any atom is -0.389 e. The van der Waals surface area contributed by atoms with Crippen molar-refractivity contribution in [1.82, 2.24) is 4.98 Å². The van der Waals surface area contributed by atoms with E-state index >= 15 is 0 Å². The molecule has 1 aliphatic rings. The van der Waals surface area contributed by atoms with Gasteiger partial charge in [0, 0.05) is 11.5 Å². The molecule has 3 N–H and O–H groups in total. The Morgan fingerprint density at radius 2 is 2.00 bits per heavy atom. The van der Waals surface area contributed by atoms with Crippen molar-refractivity contribution in [1.29, 1.82) is 0 Å². The smallest absolute Gasteiger partial charge is 0.229 e. The average Bonchev–Trinajstić information content (AvgIpc) is 3.24. The zero-order valence-corrected chi connectivity index (χ0v) is 13.0. The number of nitrogens with one attached hydrogen (secondary N) is 1. The minimum atomic E-state index is 0.0606. The van der Waals surface area contributed by atoms with Gasteiger partial charge in [-0.05, 0) is 24.3 Å². The number of nitrogens with zero attached hydrogens (tertiary/aromatic N) is 1. The summed E-state index contributed by atoms with van der Waals surface area (Å²) in [5, 5.41) is 4.08. The van der Waals surface area contributed by atoms with Gasteiger partial charge in [-0.2, -0.15) is 0 Å². The second kappa shape index (κ2) is 5.48. The van der Waals surface area contributed by atoms with Crippen LogP contribution < -0.4 is 11.1 Å². The molecular weight excluding hydrogens is 282 g/mol. The fourth-order valence-electron chi connectivity index (χ4n) is 2.17. The summed E-state index contributed by atoms with van der Waals surface area (Å²) in [4.78, 5) is 16.2. The minimum absolute atomic E-state index is 0.0606. The molecule has 5 heteroatoms. The van der Waals surface area contributed by atoms with Gasteiger partial charge < -0.3 is 11.1 Å². The summed E-state index contributed by atoms with van der Waals surface area (Å²) in [6, 6.07) is 8.27. The van der Waals surface area contributed by atoms with E-state index in [2.05, 4.69) is 36.3 Å². The van der Waals surface area contributed by atoms with Gasteiger partial charge in [0.15, 0.2) is 5.13 Å². The van der Waals surface area contributed by atoms with E-state index < -0.39 is 0 Å². The summed E-state index contributed by atoms with van der Waals surface area (Å²) in [5.74, 6) is 0.731. The van der Waals surface area contributed by atoms with Crippen LogP contribution in [0.25, 0.3) is 11.3 Å². The Kier molecular flexibility index (Phi) is 3.68. The predicted molar refractivity (Wildman–Crippen MR) is 87.4 cm³/mol. The number of nitrogens with two attached hydrogens (primary N) is 1. The van der Waals surface area contributed by atoms with Crippen LogP contribution in [0, 0.1) is 5.92 Å². The number of carbonyl (C=O) groups is 1. The summed E-state index contributed by atoms with van der Waals surface area (Å²) in [6.07, 6.45) is 1.96. The Labute approximate surface area is 128 Å². The second-order valence-corrected chi connectivity index (χ2v) is 6.80. The third-order valence-electron chi connectivity index (χ3n) is 3.68. The van der Waals surface area contributed by atoms with E-state index in [-0.39, 0.29) is 11.8 Å². The third kappa shape index (κ3) is 3.08. The van der Waals surface area contributed by atoms with Crippen molar-refractivity contribution in [3.05, 3.63) is 29.8 Å². The van der Waals surface area contributed by atoms with Gasteiger partial charge in [0.25, 0.3) is 0 Å². The van der Waals surface area contributed by atoms with E-state index in [1.165, 1.54) is 16.9 Å². The molecule has 0 unspecified atom stereocenters. The van der Waals surface area contributed by atoms with Crippen molar-refractivity contribution < 1.29 is 4.79 Å². The lowest BCUT2D eigenvalue weighted by atomic mass is 10.0. The highest BCUT2D eigenvalue weighted by Gasteiger charge is 2.30. The molecule has 21 heavy (non-hydrogen) atoms. The topological polar surface area (TPSA) is 68.0 Å². The standard InChI is InChI=1S/C16H19N3OS/c1-9(2)10-3-5-11(6-4-10)13-14(17)21-16(18-13)19-15(20)12-7-8-12/h3-6,9,12H,7-8,17H2,1-2H3,(H,18,19,20). The number of anilines is 2. The summed E-state index contributed by atoms with van der Waals surface area (Å²) >= 11 is 1.33. The summed E-state index contributed by atoms with van der Waals surface area (Å²) in [6.45, 7) is 4.33. The molecule has 0 radical (unpaired) electrons. The number of aromatic nitrogens is 1. The molecule has 1 saturated carbocycles. The monoisotopic (exact) mass is 301 g/mol. The van der Waals surface area contributed by atoms with Crippen LogP contribution in [0.1, 0.15) is 38.2 Å². The predicted octanol–water partition coefficient (Wildman–Crippen LogP) is 3.86. The van der Waals surface area contributed by atoms with Crippen molar-refractivity contribution in [3.8, 4) is 11.3 Å². The Morgan fingerprint density at radius 3 is 2.57 bits per heavy atom. The maximum Gasteiger partial charge on any atom is 0.229 e. The van der Waals surface area contributed by atoms with Gasteiger partial charge in [-0.15, -0.1) is 0 Å². The fraction of sp³-hybridized carbons (Fsp3) is 0.375. The lowest BCUT2D eigenvalue weighted by molar-refractivity contribution is -0.117. The van der Waals surface area contributed by atoms with Gasteiger partial charge in [0.05, 0.1) is 0 Å². The number of rotatable bonds is 4. The molecule has 1 aliphatic carbocycles. The highest BCUT2D eigenvalue weighted by molar-refractivity contribution is 7.20. The average molecular weight is 301 g/mol. The molecule has 0 aliphatic heterocycles. The molecule has 0 bridgehead atoms. The van der Waals surface area contributed by atoms with Gasteiger partial charge in [0.2, 0.25) is 5.91 Å². The van der Waals surface area contributed by atoms with E-state index in [1.54, 1.807) is 0 Å². The van der Waals surface area contributed by atoms with Crippen molar-refractivity contribution in [2.24, 2.45) is 5.92 Å². The molecule has 1 amide bonds. The molecule has 3 rings (SSSR count). The van der Waals surface area contributed by atoms with Crippen LogP contribution in [0.2, 0.25) is 0 Å². The molecule has 2 aromatic rings. The SMILES string of the molecule is CC(C)c1ccc(-c2nc(NC(=O)C3CC3)sc2N)cc1. The van der Waals surface area contributed by atoms with Crippen LogP contribution in [-0.4, -0.2) is 10.9 Å². The second-order valence-electron chi connectivity index (χ2n) is 5.77. The maximum absolute atomic E-state index is 11.8. The number of hydrogen-bond donors (Lipinski definition) is 2. The summed E-state index contributed by atoms with van der Waals surface area (Å²) in [5.41, 5.74) is 9.07. The van der Waals surface area contributed by atoms with Crippen molar-refractivity contribution in [3.63, 3.8) is 0 Å². The van der Waals surface area contributed by atoms with Crippen LogP contribution in [0.3, 0.4) is 0 Å². The van der Waals surface area contributed by atoms with E-state index in [4.69, 9.17) is 5.73 Å². The van der Waals surface area contributed by atoms with Crippen LogP contribution in [0.4, 0.5) is 10.1 Å². The fourth-order valence-corrected chi connectivity index (χ4v) is 2.93. The van der Waals surface area contributed by atoms with Crippen LogP contribution in [0.5, 0.6) is 0 Å². The number of thiazole rings is 1. The maximum atomic E-state index is 11.8. The van der Waals surface area contributed by atoms with Crippen LogP contribution in [-0.2, 0) is 4.79 Å². The van der Waals surface area contributed by atoms with Gasteiger partial charge in [-0.1, -0.05) is 49.4 Å². The normalized spacial score (nSPS) is 14.4. The molecule has 1 aromatic heterocycles. The van der Waals surface area contributed by atoms with E-state index in [0.717, 1.165) is 24.1 Å². The first-order chi connectivity index (χ1) is 10.0. The number of carbonyl (C=O) groups excluding carboxylic acids is 1. The quantitative estimate of drug-likeness (QED) is 0.901. The highest BCUT2D eigenvalue weighted by Crippen LogP contribution is 2.36. The van der Waals surface area contributed by atoms with Gasteiger partial charge in [0.1, 0.15) is 10.7 Å². The number of nitrogen functional groups attached to an aromatic ring is 1. The number of benzene rings is 1. The molecule has 110 valence electrons. The molecule has 0 atom stereocenters. The molecule has 4 nitrogen and oxygen atoms in total. The molecule has 1 heterocycles. The van der Waals surface area contributed by atoms with Crippen molar-refractivity contribution in [2.45, 2.75) is 32.6 Å². The van der Waals surface area contributed by atoms with E-state index in [9.17, 15) is 4.79 Å². The Bertz CT molecular complexity index is 657. The number of hydrogen-bond acceptors (Lipinski definition) is 4. The molecular formula is C16H19N3OS. The third-order valence-corrected chi connectivity index (χ3v) is 4.48. The van der Waals surface area contributed by atoms with Gasteiger partial charge in [-0.25, -0.2) is 4.98 Å². The zero-order chi connectivity index (χ0) is 15.0. The van der Waals surface area contributed by atoms with Crippen LogP contribution in [0.15, 0.2) is 24.3 Å². The molecule has 1 fully saturated rings. The highest BCUT2D eigenvalue weighted by atomic mass is 32.1. The first kappa shape index (κ1) is 14.1. The Balaban J connectivity index is 1.81. The van der Waals surface area contributed by atoms with E-state index in [0.29, 0.717) is 16.1 Å². The van der Waals surface area contributed by atoms with Crippen molar-refractivity contribution >= 4 is 27.4 Å². The van der Waals surface area contributed by atoms with Gasteiger partial charge >= 0.3 is 0 Å². The lowest BCUT2D eigenvalue weighted by Gasteiger charge is -2.05. The molecule has 0 saturated heterocycles. The van der Waals surface area contributed by atoms with Crippen molar-refractivity contribution in [2.75, 3.05) is 11.1 Å². The largest absolute Gasteiger partial charge is 0.389 e. The summed E-state index contributed by atoms with van der Waals surface area (Å²) in [7, 11) is 0. The molecule has 0 spiro atoms. The number of amides is 1. The molecule has 1 aromatic carbocycles. The Hall–Kier alpha value is -1.88.